The average Bonchev–Trinajstić information content (AvgIpc) is 3.04. The molecule has 3 atom stereocenters. The third kappa shape index (κ3) is 5.65. The highest BCUT2D eigenvalue weighted by molar-refractivity contribution is 7.39. The molecule has 0 bridgehead atoms. The summed E-state index contributed by atoms with van der Waals surface area (Å²) in [6.45, 7) is 0. The van der Waals surface area contributed by atoms with E-state index in [1.165, 1.54) is 32.1 Å². The Bertz CT molecular complexity index is 468. The largest absolute Gasteiger partial charge is 0.515 e. The van der Waals surface area contributed by atoms with Gasteiger partial charge >= 0.3 is 14.0 Å². The van der Waals surface area contributed by atoms with E-state index in [0.717, 1.165) is 25.7 Å². The van der Waals surface area contributed by atoms with E-state index in [2.05, 4.69) is 0 Å². The molecule has 24 heavy (non-hydrogen) atoms. The fourth-order valence-electron chi connectivity index (χ4n) is 4.32. The minimum absolute atomic E-state index is 0.0498. The Hall–Kier alpha value is -0.770. The van der Waals surface area contributed by atoms with Gasteiger partial charge < -0.3 is 10.8 Å². The third-order valence-electron chi connectivity index (χ3n) is 5.69. The molecule has 4 N–H and O–H groups in total. The zero-order valence-corrected chi connectivity index (χ0v) is 15.3. The van der Waals surface area contributed by atoms with Gasteiger partial charge in [-0.2, -0.15) is 4.89 Å². The smallest absolute Gasteiger partial charge is 0.478 e. The first kappa shape index (κ1) is 19.6. The minimum Gasteiger partial charge on any atom is -0.478 e. The Morgan fingerprint density at radius 3 is 2.17 bits per heavy atom. The highest BCUT2D eigenvalue weighted by atomic mass is 31.1. The van der Waals surface area contributed by atoms with Crippen LogP contribution in [0.4, 0.5) is 0 Å². The molecule has 2 rings (SSSR count). The molecule has 0 aliphatic heterocycles. The van der Waals surface area contributed by atoms with Crippen LogP contribution >= 0.6 is 8.03 Å². The summed E-state index contributed by atoms with van der Waals surface area (Å²) in [5, 5.41) is 9.56. The molecule has 2 fully saturated rings. The normalized spacial score (nSPS) is 23.9. The Kier molecular flexibility index (Phi) is 7.86. The molecule has 3 unspecified atom stereocenters. The monoisotopic (exact) mass is 356 g/mol. The number of rotatable bonds is 8. The van der Waals surface area contributed by atoms with Crippen molar-refractivity contribution in [3.05, 3.63) is 11.6 Å². The molecule has 5 nitrogen and oxygen atoms in total. The summed E-state index contributed by atoms with van der Waals surface area (Å²) in [7, 11) is -2.65. The maximum Gasteiger partial charge on any atom is 0.515 e. The van der Waals surface area contributed by atoms with Gasteiger partial charge in [0.1, 0.15) is 0 Å². The summed E-state index contributed by atoms with van der Waals surface area (Å²) < 4.78 is 11.9. The summed E-state index contributed by atoms with van der Waals surface area (Å²) in [5.41, 5.74) is 5.32. The van der Waals surface area contributed by atoms with Crippen molar-refractivity contribution < 1.29 is 19.4 Å². The van der Waals surface area contributed by atoms with Gasteiger partial charge in [-0.1, -0.05) is 63.9 Å². The van der Waals surface area contributed by atoms with E-state index in [9.17, 15) is 19.4 Å². The fourth-order valence-corrected chi connectivity index (χ4v) is 5.23. The van der Waals surface area contributed by atoms with Gasteiger partial charge in [0.15, 0.2) is 0 Å². The van der Waals surface area contributed by atoms with Crippen LogP contribution in [0.15, 0.2) is 11.6 Å². The molecule has 0 heterocycles. The van der Waals surface area contributed by atoms with Crippen molar-refractivity contribution in [3.8, 4) is 0 Å². The van der Waals surface area contributed by atoms with Gasteiger partial charge in [0, 0.05) is 0 Å². The Balaban J connectivity index is 2.06. The molecule has 2 aliphatic rings. The summed E-state index contributed by atoms with van der Waals surface area (Å²) in [6, 6.07) is -0.562. The molecule has 0 aromatic carbocycles. The highest BCUT2D eigenvalue weighted by Crippen LogP contribution is 2.37. The first-order valence-corrected chi connectivity index (χ1v) is 10.6. The van der Waals surface area contributed by atoms with Crippen LogP contribution in [0, 0.1) is 11.8 Å². The molecule has 6 heteroatoms. The zero-order chi connectivity index (χ0) is 17.5. The number of nitrogens with two attached hydrogens (primary N) is 1. The van der Waals surface area contributed by atoms with Crippen LogP contribution in [0.2, 0.25) is 0 Å². The molecule has 0 aromatic heterocycles. The van der Waals surface area contributed by atoms with Crippen LogP contribution in [0.5, 0.6) is 0 Å². The van der Waals surface area contributed by atoms with Gasteiger partial charge in [-0.15, -0.1) is 0 Å². The second kappa shape index (κ2) is 9.65. The van der Waals surface area contributed by atoms with Gasteiger partial charge in [-0.3, -0.25) is 0 Å². The highest BCUT2D eigenvalue weighted by Gasteiger charge is 2.42. The van der Waals surface area contributed by atoms with Crippen LogP contribution in [0.25, 0.3) is 0 Å². The number of carboxylic acids is 1. The summed E-state index contributed by atoms with van der Waals surface area (Å²) in [6.07, 6.45) is 13.4. The van der Waals surface area contributed by atoms with Crippen molar-refractivity contribution >= 4 is 14.0 Å². The predicted molar refractivity (Wildman–Crippen MR) is 95.1 cm³/mol. The maximum absolute atomic E-state index is 11.9. The first-order chi connectivity index (χ1) is 11.5. The quantitative estimate of drug-likeness (QED) is 0.451. The van der Waals surface area contributed by atoms with Crippen molar-refractivity contribution in [2.45, 2.75) is 82.3 Å². The second-order valence-corrected chi connectivity index (χ2v) is 8.66. The second-order valence-electron chi connectivity index (χ2n) is 7.50. The Morgan fingerprint density at radius 2 is 1.62 bits per heavy atom. The van der Waals surface area contributed by atoms with E-state index in [1.54, 1.807) is 6.08 Å². The zero-order valence-electron chi connectivity index (χ0n) is 14.4. The summed E-state index contributed by atoms with van der Waals surface area (Å²) >= 11 is 0. The number of hydrogen-bond acceptors (Lipinski definition) is 3. The van der Waals surface area contributed by atoms with Gasteiger partial charge in [0.2, 0.25) is 5.66 Å². The predicted octanol–water partition coefficient (Wildman–Crippen LogP) is 3.98. The third-order valence-corrected chi connectivity index (χ3v) is 6.82. The lowest BCUT2D eigenvalue weighted by molar-refractivity contribution is -0.132. The van der Waals surface area contributed by atoms with E-state index >= 15 is 0 Å². The molecule has 2 saturated carbocycles. The number of carboxylic acid groups (broad SMARTS) is 1. The SMILES string of the molecule is NC(CC1CCCCC1)C(/C(=C\CC1CCCC1)C(=O)O)[P+](=O)O. The number of allylic oxidation sites excluding steroid dienone is 1. The van der Waals surface area contributed by atoms with Crippen LogP contribution in [-0.4, -0.2) is 27.7 Å². The van der Waals surface area contributed by atoms with Gasteiger partial charge in [-0.25, -0.2) is 4.79 Å². The number of carbonyl (C=O) groups is 1. The van der Waals surface area contributed by atoms with E-state index in [1.807, 2.05) is 0 Å². The van der Waals surface area contributed by atoms with Crippen molar-refractivity contribution in [2.75, 3.05) is 0 Å². The van der Waals surface area contributed by atoms with Crippen molar-refractivity contribution in [3.63, 3.8) is 0 Å². The minimum atomic E-state index is -2.65. The topological polar surface area (TPSA) is 101 Å². The average molecular weight is 356 g/mol. The van der Waals surface area contributed by atoms with Crippen molar-refractivity contribution in [1.82, 2.24) is 0 Å². The molecule has 136 valence electrons. The van der Waals surface area contributed by atoms with E-state index in [4.69, 9.17) is 5.73 Å². The Morgan fingerprint density at radius 1 is 1.08 bits per heavy atom. The molecule has 0 amide bonds. The van der Waals surface area contributed by atoms with Crippen LogP contribution in [0.1, 0.15) is 70.6 Å². The maximum atomic E-state index is 11.9. The number of hydrogen-bond donors (Lipinski definition) is 3. The van der Waals surface area contributed by atoms with Crippen molar-refractivity contribution in [2.24, 2.45) is 17.6 Å². The van der Waals surface area contributed by atoms with Gasteiger partial charge in [0.25, 0.3) is 0 Å². The summed E-state index contributed by atoms with van der Waals surface area (Å²) in [4.78, 5) is 21.4. The first-order valence-electron chi connectivity index (χ1n) is 9.33. The van der Waals surface area contributed by atoms with Crippen LogP contribution in [0.3, 0.4) is 0 Å². The van der Waals surface area contributed by atoms with E-state index in [0.29, 0.717) is 24.7 Å². The molecule has 2 aliphatic carbocycles. The Labute approximate surface area is 145 Å². The lowest BCUT2D eigenvalue weighted by atomic mass is 9.83. The molecule has 0 radical (unpaired) electrons. The standard InChI is InChI=1S/C18H30NO4P/c19-16(12-14-8-2-1-3-9-14)17(24(22)23)15(18(20)21)11-10-13-6-4-5-7-13/h11,13-14,16-17H,1-10,12,19H2,(H-,20,21,22,23)/p+1/b15-11+. The van der Waals surface area contributed by atoms with Gasteiger partial charge in [-0.05, 0) is 29.2 Å². The lowest BCUT2D eigenvalue weighted by Crippen LogP contribution is -2.38. The molecule has 0 aromatic rings. The summed E-state index contributed by atoms with van der Waals surface area (Å²) in [5.74, 6) is -0.142. The molecule has 0 saturated heterocycles. The molecule has 0 spiro atoms. The molecular formula is C18H31NO4P+. The number of aliphatic carboxylic acids is 1. The molecular weight excluding hydrogens is 325 g/mol. The van der Waals surface area contributed by atoms with Gasteiger partial charge in [0.05, 0.1) is 11.6 Å². The van der Waals surface area contributed by atoms with Crippen molar-refractivity contribution in [1.29, 1.82) is 0 Å². The van der Waals surface area contributed by atoms with E-state index in [-0.39, 0.29) is 5.57 Å². The van der Waals surface area contributed by atoms with Crippen LogP contribution < -0.4 is 5.73 Å². The van der Waals surface area contributed by atoms with E-state index < -0.39 is 25.7 Å². The lowest BCUT2D eigenvalue weighted by Gasteiger charge is -2.25. The van der Waals surface area contributed by atoms with Crippen LogP contribution in [-0.2, 0) is 9.36 Å². The fraction of sp³-hybridized carbons (Fsp3) is 0.833.